The molecule has 0 aliphatic carbocycles. The Labute approximate surface area is 165 Å². The summed E-state index contributed by atoms with van der Waals surface area (Å²) in [5.74, 6) is -2.60. The van der Waals surface area contributed by atoms with Crippen LogP contribution < -0.4 is 9.64 Å². The lowest BCUT2D eigenvalue weighted by Crippen LogP contribution is -2.32. The quantitative estimate of drug-likeness (QED) is 0.558. The van der Waals surface area contributed by atoms with Gasteiger partial charge in [-0.1, -0.05) is 5.21 Å². The molecule has 162 valence electrons. The molecule has 0 radical (unpaired) electrons. The first-order valence-corrected chi connectivity index (χ1v) is 8.78. The monoisotopic (exact) mass is 434 g/mol. The normalized spacial score (nSPS) is 17.6. The van der Waals surface area contributed by atoms with E-state index in [0.29, 0.717) is 5.89 Å². The van der Waals surface area contributed by atoms with Crippen molar-refractivity contribution < 1.29 is 31.1 Å². The van der Waals surface area contributed by atoms with E-state index in [1.165, 1.54) is 9.58 Å². The minimum Gasteiger partial charge on any atom is -0.451 e. The van der Waals surface area contributed by atoms with E-state index in [9.17, 15) is 22.0 Å². The minimum absolute atomic E-state index is 0.0181. The maximum Gasteiger partial charge on any atom is 0.425 e. The van der Waals surface area contributed by atoms with Gasteiger partial charge < -0.3 is 14.1 Å². The summed E-state index contributed by atoms with van der Waals surface area (Å²) in [6.07, 6.45) is -7.31. The Hall–Kier alpha value is -3.13. The van der Waals surface area contributed by atoms with Gasteiger partial charge in [-0.3, -0.25) is 0 Å². The Morgan fingerprint density at radius 3 is 2.57 bits per heavy atom. The summed E-state index contributed by atoms with van der Waals surface area (Å²) in [4.78, 5) is 9.09. The number of fused-ring (bicyclic) bond motifs is 1. The van der Waals surface area contributed by atoms with Gasteiger partial charge in [-0.2, -0.15) is 23.1 Å². The molecule has 30 heavy (non-hydrogen) atoms. The molecule has 3 aromatic heterocycles. The molecule has 1 aliphatic rings. The van der Waals surface area contributed by atoms with Crippen molar-refractivity contribution in [1.82, 2.24) is 35.2 Å². The van der Waals surface area contributed by atoms with E-state index < -0.39 is 37.2 Å². The van der Waals surface area contributed by atoms with Gasteiger partial charge in [0.15, 0.2) is 23.1 Å². The Morgan fingerprint density at radius 1 is 1.20 bits per heavy atom. The highest BCUT2D eigenvalue weighted by molar-refractivity contribution is 5.83. The van der Waals surface area contributed by atoms with Crippen LogP contribution in [-0.4, -0.2) is 66.5 Å². The summed E-state index contributed by atoms with van der Waals surface area (Å²) < 4.78 is 77.4. The molecular formula is C15H15F5N8O2. The first-order valence-electron chi connectivity index (χ1n) is 8.78. The fourth-order valence-electron chi connectivity index (χ4n) is 2.87. The number of aryl methyl sites for hydroxylation is 1. The first-order chi connectivity index (χ1) is 14.0. The molecule has 0 aromatic carbocycles. The van der Waals surface area contributed by atoms with E-state index >= 15 is 0 Å². The van der Waals surface area contributed by atoms with Crippen LogP contribution in [0.1, 0.15) is 25.1 Å². The molecule has 1 atom stereocenters. The molecule has 1 aliphatic heterocycles. The second kappa shape index (κ2) is 6.98. The maximum atomic E-state index is 13.7. The van der Waals surface area contributed by atoms with Gasteiger partial charge in [0.1, 0.15) is 6.54 Å². The molecule has 10 nitrogen and oxygen atoms in total. The summed E-state index contributed by atoms with van der Waals surface area (Å²) in [6, 6.07) is -0.636. The zero-order chi connectivity index (χ0) is 21.7. The number of alkyl halides is 5. The number of halogens is 5. The second-order valence-electron chi connectivity index (χ2n) is 6.79. The van der Waals surface area contributed by atoms with Crippen LogP contribution >= 0.6 is 0 Å². The molecular weight excluding hydrogens is 419 g/mol. The average molecular weight is 434 g/mol. The van der Waals surface area contributed by atoms with E-state index in [1.54, 1.807) is 6.92 Å². The smallest absolute Gasteiger partial charge is 0.425 e. The third-order valence-electron chi connectivity index (χ3n) is 4.39. The molecule has 0 amide bonds. The maximum absolute atomic E-state index is 13.7. The van der Waals surface area contributed by atoms with Crippen molar-refractivity contribution >= 4 is 17.0 Å². The van der Waals surface area contributed by atoms with Gasteiger partial charge in [0, 0.05) is 19.9 Å². The molecule has 0 N–H and O–H groups in total. The summed E-state index contributed by atoms with van der Waals surface area (Å²) >= 11 is 0. The van der Waals surface area contributed by atoms with Crippen LogP contribution in [-0.2, 0) is 6.54 Å². The van der Waals surface area contributed by atoms with Gasteiger partial charge >= 0.3 is 12.2 Å². The van der Waals surface area contributed by atoms with E-state index in [2.05, 4.69) is 30.5 Å². The lowest BCUT2D eigenvalue weighted by Gasteiger charge is -2.20. The summed E-state index contributed by atoms with van der Waals surface area (Å²) in [6.45, 7) is 1.55. The van der Waals surface area contributed by atoms with Crippen LogP contribution in [0.25, 0.3) is 11.2 Å². The van der Waals surface area contributed by atoms with E-state index in [-0.39, 0.29) is 36.0 Å². The highest BCUT2D eigenvalue weighted by Gasteiger charge is 2.41. The van der Waals surface area contributed by atoms with Crippen LogP contribution in [0, 0.1) is 6.92 Å². The second-order valence-corrected chi connectivity index (χ2v) is 6.79. The third-order valence-corrected chi connectivity index (χ3v) is 4.39. The zero-order valence-corrected chi connectivity index (χ0v) is 15.7. The number of hydrogen-bond acceptors (Lipinski definition) is 9. The molecule has 4 rings (SSSR count). The Bertz CT molecular complexity index is 1070. The predicted octanol–water partition coefficient (Wildman–Crippen LogP) is 2.14. The van der Waals surface area contributed by atoms with Gasteiger partial charge in [0.05, 0.1) is 6.54 Å². The molecule has 0 saturated carbocycles. The SMILES string of the molecule is Cc1nnc(Cn2nnc3c(N4CCC(F)(F)C4)nc(OC(C)C(F)(F)F)nc32)o1. The lowest BCUT2D eigenvalue weighted by molar-refractivity contribution is -0.190. The first kappa shape index (κ1) is 20.2. The third kappa shape index (κ3) is 3.95. The Kier molecular flexibility index (Phi) is 4.69. The topological polar surface area (TPSA) is 108 Å². The Morgan fingerprint density at radius 2 is 1.97 bits per heavy atom. The Balaban J connectivity index is 1.76. The molecule has 0 bridgehead atoms. The van der Waals surface area contributed by atoms with Crippen LogP contribution in [0.2, 0.25) is 0 Å². The van der Waals surface area contributed by atoms with Crippen molar-refractivity contribution in [2.45, 2.75) is 45.0 Å². The fraction of sp³-hybridized carbons (Fsp3) is 0.600. The van der Waals surface area contributed by atoms with Gasteiger partial charge in [0.25, 0.3) is 5.92 Å². The van der Waals surface area contributed by atoms with Crippen LogP contribution in [0.3, 0.4) is 0 Å². The summed E-state index contributed by atoms with van der Waals surface area (Å²) in [5, 5.41) is 15.3. The molecule has 1 saturated heterocycles. The summed E-state index contributed by atoms with van der Waals surface area (Å²) in [5.41, 5.74) is 0.0198. The lowest BCUT2D eigenvalue weighted by atomic mass is 10.3. The van der Waals surface area contributed by atoms with Crippen molar-refractivity contribution in [3.05, 3.63) is 11.8 Å². The number of nitrogens with zero attached hydrogens (tertiary/aromatic N) is 8. The number of anilines is 1. The van der Waals surface area contributed by atoms with Crippen LogP contribution in [0.15, 0.2) is 4.42 Å². The highest BCUT2D eigenvalue weighted by atomic mass is 19.4. The number of aromatic nitrogens is 7. The van der Waals surface area contributed by atoms with Crippen molar-refractivity contribution in [2.75, 3.05) is 18.0 Å². The number of ether oxygens (including phenoxy) is 1. The number of rotatable bonds is 5. The van der Waals surface area contributed by atoms with E-state index in [4.69, 9.17) is 9.15 Å². The van der Waals surface area contributed by atoms with E-state index in [0.717, 1.165) is 6.92 Å². The van der Waals surface area contributed by atoms with Gasteiger partial charge in [-0.25, -0.2) is 13.5 Å². The molecule has 1 fully saturated rings. The van der Waals surface area contributed by atoms with Gasteiger partial charge in [0.2, 0.25) is 11.8 Å². The van der Waals surface area contributed by atoms with Gasteiger partial charge in [-0.15, -0.1) is 15.3 Å². The average Bonchev–Trinajstić information content (AvgIpc) is 3.33. The zero-order valence-electron chi connectivity index (χ0n) is 15.7. The predicted molar refractivity (Wildman–Crippen MR) is 89.2 cm³/mol. The van der Waals surface area contributed by atoms with E-state index in [1.807, 2.05) is 0 Å². The van der Waals surface area contributed by atoms with Crippen LogP contribution in [0.5, 0.6) is 6.01 Å². The van der Waals surface area contributed by atoms with Gasteiger partial charge in [-0.05, 0) is 6.92 Å². The van der Waals surface area contributed by atoms with Crippen LogP contribution in [0.4, 0.5) is 27.8 Å². The molecule has 0 spiro atoms. The fourth-order valence-corrected chi connectivity index (χ4v) is 2.87. The largest absolute Gasteiger partial charge is 0.451 e. The molecule has 3 aromatic rings. The minimum atomic E-state index is -4.67. The van der Waals surface area contributed by atoms with Crippen molar-refractivity contribution in [2.24, 2.45) is 0 Å². The molecule has 15 heteroatoms. The molecule has 4 heterocycles. The number of hydrogen-bond donors (Lipinski definition) is 0. The highest BCUT2D eigenvalue weighted by Crippen LogP contribution is 2.34. The standard InChI is InChI=1S/C15H15F5N8O2/c1-7(15(18,19)20)29-13-21-11(27-4-3-14(16,17)6-27)10-12(22-13)28(26-25-10)5-9-24-23-8(2)30-9/h7H,3-6H2,1-2H3. The summed E-state index contributed by atoms with van der Waals surface area (Å²) in [7, 11) is 0. The van der Waals surface area contributed by atoms with Crippen molar-refractivity contribution in [3.8, 4) is 6.01 Å². The van der Waals surface area contributed by atoms with Crippen molar-refractivity contribution in [3.63, 3.8) is 0 Å². The molecule has 1 unspecified atom stereocenters. The van der Waals surface area contributed by atoms with Crippen molar-refractivity contribution in [1.29, 1.82) is 0 Å².